The van der Waals surface area contributed by atoms with Gasteiger partial charge in [-0.15, -0.1) is 0 Å². The molecule has 2 heteroatoms. The molecule has 14 heavy (non-hydrogen) atoms. The summed E-state index contributed by atoms with van der Waals surface area (Å²) in [5, 5.41) is 3.42. The van der Waals surface area contributed by atoms with Gasteiger partial charge >= 0.3 is 0 Å². The Morgan fingerprint density at radius 3 is 3.14 bits per heavy atom. The molecule has 2 aliphatic heterocycles. The Morgan fingerprint density at radius 1 is 1.21 bits per heavy atom. The summed E-state index contributed by atoms with van der Waals surface area (Å²) in [6.07, 6.45) is 2.41. The van der Waals surface area contributed by atoms with E-state index in [1.807, 2.05) is 12.1 Å². The van der Waals surface area contributed by atoms with Crippen molar-refractivity contribution in [2.45, 2.75) is 12.8 Å². The minimum Gasteiger partial charge on any atom is -0.487 e. The molecule has 0 unspecified atom stereocenters. The zero-order valence-electron chi connectivity index (χ0n) is 8.05. The number of benzene rings is 1. The molecule has 0 amide bonds. The Labute approximate surface area is 83.6 Å². The molecule has 1 N–H and O–H groups in total. The van der Waals surface area contributed by atoms with Gasteiger partial charge in [-0.2, -0.15) is 0 Å². The van der Waals surface area contributed by atoms with Gasteiger partial charge in [0.25, 0.3) is 0 Å². The van der Waals surface area contributed by atoms with E-state index in [0.29, 0.717) is 6.61 Å². The molecule has 0 spiro atoms. The minimum absolute atomic E-state index is 0.715. The molecular weight excluding hydrogens is 174 g/mol. The average molecular weight is 187 g/mol. The van der Waals surface area contributed by atoms with Crippen LogP contribution < -0.4 is 10.1 Å². The molecule has 0 saturated carbocycles. The van der Waals surface area contributed by atoms with Crippen LogP contribution in [-0.2, 0) is 0 Å². The standard InChI is InChI=1S/C12H13NO/c1-2-6-12-10(4-1)9-5-3-7-13-11(9)8-14-12/h1-2,4,6,13H,3,5,7-8H2. The van der Waals surface area contributed by atoms with Crippen LogP contribution in [0.4, 0.5) is 0 Å². The van der Waals surface area contributed by atoms with Crippen LogP contribution in [0.1, 0.15) is 18.4 Å². The van der Waals surface area contributed by atoms with E-state index >= 15 is 0 Å². The number of ether oxygens (including phenoxy) is 1. The van der Waals surface area contributed by atoms with Gasteiger partial charge in [0.2, 0.25) is 0 Å². The summed E-state index contributed by atoms with van der Waals surface area (Å²) in [7, 11) is 0. The molecule has 0 radical (unpaired) electrons. The topological polar surface area (TPSA) is 21.3 Å². The first-order valence-corrected chi connectivity index (χ1v) is 5.13. The van der Waals surface area contributed by atoms with E-state index in [4.69, 9.17) is 4.74 Å². The molecule has 2 nitrogen and oxygen atoms in total. The van der Waals surface area contributed by atoms with Crippen molar-refractivity contribution in [3.05, 3.63) is 35.5 Å². The van der Waals surface area contributed by atoms with E-state index in [-0.39, 0.29) is 0 Å². The lowest BCUT2D eigenvalue weighted by molar-refractivity contribution is 0.331. The molecular formula is C12H13NO. The van der Waals surface area contributed by atoms with E-state index in [1.165, 1.54) is 29.7 Å². The van der Waals surface area contributed by atoms with Crippen molar-refractivity contribution in [1.82, 2.24) is 5.32 Å². The zero-order chi connectivity index (χ0) is 9.38. The maximum atomic E-state index is 5.67. The number of fused-ring (bicyclic) bond motifs is 2. The molecule has 0 fully saturated rings. The highest BCUT2D eigenvalue weighted by Gasteiger charge is 2.21. The quantitative estimate of drug-likeness (QED) is 0.672. The van der Waals surface area contributed by atoms with Gasteiger partial charge in [-0.05, 0) is 24.5 Å². The van der Waals surface area contributed by atoms with Crippen LogP contribution in [0.3, 0.4) is 0 Å². The lowest BCUT2D eigenvalue weighted by atomic mass is 9.94. The number of nitrogens with one attached hydrogen (secondary N) is 1. The highest BCUT2D eigenvalue weighted by molar-refractivity contribution is 5.75. The predicted octanol–water partition coefficient (Wildman–Crippen LogP) is 2.17. The monoisotopic (exact) mass is 187 g/mol. The highest BCUT2D eigenvalue weighted by Crippen LogP contribution is 2.35. The first-order chi connectivity index (χ1) is 6.95. The first-order valence-electron chi connectivity index (χ1n) is 5.13. The third-order valence-electron chi connectivity index (χ3n) is 2.89. The maximum absolute atomic E-state index is 5.67. The molecule has 72 valence electrons. The molecule has 2 aliphatic rings. The molecule has 0 aromatic heterocycles. The summed E-state index contributed by atoms with van der Waals surface area (Å²) >= 11 is 0. The molecule has 1 aromatic carbocycles. The van der Waals surface area contributed by atoms with Crippen molar-refractivity contribution in [2.24, 2.45) is 0 Å². The number of hydrogen-bond acceptors (Lipinski definition) is 2. The van der Waals surface area contributed by atoms with Crippen LogP contribution >= 0.6 is 0 Å². The largest absolute Gasteiger partial charge is 0.487 e. The molecule has 0 saturated heterocycles. The molecule has 1 aromatic rings. The normalized spacial score (nSPS) is 19.1. The number of allylic oxidation sites excluding steroid dienone is 1. The van der Waals surface area contributed by atoms with E-state index in [9.17, 15) is 0 Å². The summed E-state index contributed by atoms with van der Waals surface area (Å²) in [4.78, 5) is 0. The second-order valence-electron chi connectivity index (χ2n) is 3.77. The Bertz CT molecular complexity index is 395. The van der Waals surface area contributed by atoms with Gasteiger partial charge < -0.3 is 10.1 Å². The van der Waals surface area contributed by atoms with Gasteiger partial charge in [0.15, 0.2) is 0 Å². The van der Waals surface area contributed by atoms with Crippen molar-refractivity contribution < 1.29 is 4.74 Å². The molecule has 0 atom stereocenters. The highest BCUT2D eigenvalue weighted by atomic mass is 16.5. The van der Waals surface area contributed by atoms with Gasteiger partial charge in [-0.3, -0.25) is 0 Å². The minimum atomic E-state index is 0.715. The molecule has 0 bridgehead atoms. The number of rotatable bonds is 0. The summed E-state index contributed by atoms with van der Waals surface area (Å²) in [5.41, 5.74) is 4.02. The van der Waals surface area contributed by atoms with Gasteiger partial charge in [0, 0.05) is 12.1 Å². The van der Waals surface area contributed by atoms with Crippen molar-refractivity contribution in [1.29, 1.82) is 0 Å². The number of hydrogen-bond donors (Lipinski definition) is 1. The fourth-order valence-electron chi connectivity index (χ4n) is 2.19. The Hall–Kier alpha value is -1.44. The van der Waals surface area contributed by atoms with Crippen molar-refractivity contribution >= 4 is 5.57 Å². The van der Waals surface area contributed by atoms with Gasteiger partial charge in [0.05, 0.1) is 5.70 Å². The van der Waals surface area contributed by atoms with Crippen molar-refractivity contribution in [3.63, 3.8) is 0 Å². The van der Waals surface area contributed by atoms with Crippen LogP contribution in [0.2, 0.25) is 0 Å². The van der Waals surface area contributed by atoms with E-state index in [2.05, 4.69) is 17.4 Å². The maximum Gasteiger partial charge on any atom is 0.128 e. The Balaban J connectivity index is 2.13. The Morgan fingerprint density at radius 2 is 2.14 bits per heavy atom. The zero-order valence-corrected chi connectivity index (χ0v) is 8.05. The second kappa shape index (κ2) is 3.05. The second-order valence-corrected chi connectivity index (χ2v) is 3.77. The fourth-order valence-corrected chi connectivity index (χ4v) is 2.19. The smallest absolute Gasteiger partial charge is 0.128 e. The average Bonchev–Trinajstić information content (AvgIpc) is 2.29. The van der Waals surface area contributed by atoms with Crippen molar-refractivity contribution in [2.75, 3.05) is 13.2 Å². The third kappa shape index (κ3) is 1.10. The predicted molar refractivity (Wildman–Crippen MR) is 56.1 cm³/mol. The van der Waals surface area contributed by atoms with Gasteiger partial charge in [-0.25, -0.2) is 0 Å². The first kappa shape index (κ1) is 7.92. The summed E-state index contributed by atoms with van der Waals surface area (Å²) in [6.45, 7) is 1.80. The summed E-state index contributed by atoms with van der Waals surface area (Å²) in [5.74, 6) is 1.04. The van der Waals surface area contributed by atoms with Gasteiger partial charge in [-0.1, -0.05) is 18.2 Å². The third-order valence-corrected chi connectivity index (χ3v) is 2.89. The van der Waals surface area contributed by atoms with Crippen molar-refractivity contribution in [3.8, 4) is 5.75 Å². The summed E-state index contributed by atoms with van der Waals surface area (Å²) < 4.78 is 5.67. The van der Waals surface area contributed by atoms with Crippen LogP contribution in [0.25, 0.3) is 5.57 Å². The SMILES string of the molecule is c1ccc2c(c1)OCC1=C2CCCN1. The van der Waals surface area contributed by atoms with Crippen LogP contribution in [0.15, 0.2) is 30.0 Å². The molecule has 2 heterocycles. The fraction of sp³-hybridized carbons (Fsp3) is 0.333. The van der Waals surface area contributed by atoms with Gasteiger partial charge in [0.1, 0.15) is 12.4 Å². The molecule has 0 aliphatic carbocycles. The molecule has 3 rings (SSSR count). The van der Waals surface area contributed by atoms with E-state index in [1.54, 1.807) is 0 Å². The van der Waals surface area contributed by atoms with E-state index < -0.39 is 0 Å². The van der Waals surface area contributed by atoms with Crippen LogP contribution in [0.5, 0.6) is 5.75 Å². The van der Waals surface area contributed by atoms with E-state index in [0.717, 1.165) is 12.3 Å². The Kier molecular flexibility index (Phi) is 1.72. The van der Waals surface area contributed by atoms with Crippen LogP contribution in [0, 0.1) is 0 Å². The summed E-state index contributed by atoms with van der Waals surface area (Å²) in [6, 6.07) is 8.30. The lowest BCUT2D eigenvalue weighted by Crippen LogP contribution is -2.28. The lowest BCUT2D eigenvalue weighted by Gasteiger charge is -2.28. The van der Waals surface area contributed by atoms with Crippen LogP contribution in [-0.4, -0.2) is 13.2 Å². The number of para-hydroxylation sites is 1.